The lowest BCUT2D eigenvalue weighted by atomic mass is 10.2. The number of anilines is 1. The predicted octanol–water partition coefficient (Wildman–Crippen LogP) is 0.858. The zero-order valence-corrected chi connectivity index (χ0v) is 10.7. The van der Waals surface area contributed by atoms with E-state index in [9.17, 15) is 9.18 Å². The Morgan fingerprint density at radius 1 is 1.26 bits per heavy atom. The second kappa shape index (κ2) is 5.21. The number of halogens is 1. The van der Waals surface area contributed by atoms with Crippen LogP contribution in [0.25, 0.3) is 0 Å². The van der Waals surface area contributed by atoms with Gasteiger partial charge >= 0.3 is 0 Å². The zero-order valence-electron chi connectivity index (χ0n) is 10.7. The summed E-state index contributed by atoms with van der Waals surface area (Å²) in [6, 6.07) is 0.770. The molecule has 3 rings (SSSR count). The molecule has 2 aliphatic rings. The summed E-state index contributed by atoms with van der Waals surface area (Å²) >= 11 is 0. The standard InChI is InChI=1S/C13H17FN4O/c14-10-6-15-13(16-7-10)18-11-2-3-12(18)9-17(8-11)4-1-5-19/h5-7,11-12H,1-4,8-9H2. The van der Waals surface area contributed by atoms with Crippen molar-refractivity contribution in [2.45, 2.75) is 31.3 Å². The van der Waals surface area contributed by atoms with E-state index in [0.717, 1.165) is 38.8 Å². The second-order valence-electron chi connectivity index (χ2n) is 5.21. The minimum absolute atomic E-state index is 0.385. The Bertz CT molecular complexity index is 438. The highest BCUT2D eigenvalue weighted by Gasteiger charge is 2.40. The van der Waals surface area contributed by atoms with Gasteiger partial charge in [0.25, 0.3) is 0 Å². The Morgan fingerprint density at radius 3 is 2.47 bits per heavy atom. The van der Waals surface area contributed by atoms with Crippen LogP contribution in [0.1, 0.15) is 19.3 Å². The molecule has 2 saturated heterocycles. The van der Waals surface area contributed by atoms with Crippen molar-refractivity contribution in [1.29, 1.82) is 0 Å². The minimum Gasteiger partial charge on any atom is -0.332 e. The third-order valence-corrected chi connectivity index (χ3v) is 3.96. The number of carbonyl (C=O) groups excluding carboxylic acids is 1. The van der Waals surface area contributed by atoms with Crippen LogP contribution in [-0.4, -0.2) is 52.9 Å². The molecule has 1 aromatic heterocycles. The first kappa shape index (κ1) is 12.5. The van der Waals surface area contributed by atoms with E-state index < -0.39 is 5.82 Å². The van der Waals surface area contributed by atoms with Gasteiger partial charge in [-0.25, -0.2) is 14.4 Å². The zero-order chi connectivity index (χ0) is 13.2. The van der Waals surface area contributed by atoms with Crippen molar-refractivity contribution in [2.24, 2.45) is 0 Å². The van der Waals surface area contributed by atoms with E-state index >= 15 is 0 Å². The van der Waals surface area contributed by atoms with Gasteiger partial charge in [0.2, 0.25) is 5.95 Å². The van der Waals surface area contributed by atoms with Gasteiger partial charge in [-0.1, -0.05) is 0 Å². The van der Waals surface area contributed by atoms with Crippen LogP contribution in [-0.2, 0) is 4.79 Å². The fraction of sp³-hybridized carbons (Fsp3) is 0.615. The molecule has 0 aliphatic carbocycles. The second-order valence-corrected chi connectivity index (χ2v) is 5.21. The van der Waals surface area contributed by atoms with Crippen LogP contribution in [0.15, 0.2) is 12.4 Å². The molecule has 0 radical (unpaired) electrons. The van der Waals surface area contributed by atoms with Crippen molar-refractivity contribution >= 4 is 12.2 Å². The molecule has 1 aromatic rings. The highest BCUT2D eigenvalue weighted by molar-refractivity contribution is 5.49. The van der Waals surface area contributed by atoms with Crippen LogP contribution in [0.4, 0.5) is 10.3 Å². The summed E-state index contributed by atoms with van der Waals surface area (Å²) in [4.78, 5) is 23.2. The number of rotatable bonds is 4. The van der Waals surface area contributed by atoms with Crippen LogP contribution < -0.4 is 4.90 Å². The van der Waals surface area contributed by atoms with E-state index in [1.165, 1.54) is 12.4 Å². The number of carbonyl (C=O) groups is 1. The summed E-state index contributed by atoms with van der Waals surface area (Å²) in [6.07, 6.45) is 6.23. The highest BCUT2D eigenvalue weighted by Crippen LogP contribution is 2.32. The molecule has 102 valence electrons. The molecule has 0 saturated carbocycles. The van der Waals surface area contributed by atoms with Gasteiger partial charge < -0.3 is 9.69 Å². The van der Waals surface area contributed by atoms with Crippen molar-refractivity contribution in [3.8, 4) is 0 Å². The lowest BCUT2D eigenvalue weighted by Crippen LogP contribution is -2.54. The van der Waals surface area contributed by atoms with E-state index in [4.69, 9.17) is 0 Å². The lowest BCUT2D eigenvalue weighted by molar-refractivity contribution is -0.108. The molecule has 0 amide bonds. The first-order chi connectivity index (χ1) is 9.28. The topological polar surface area (TPSA) is 49.3 Å². The van der Waals surface area contributed by atoms with Crippen LogP contribution >= 0.6 is 0 Å². The molecule has 3 heterocycles. The molecule has 19 heavy (non-hydrogen) atoms. The molecule has 2 fully saturated rings. The Kier molecular flexibility index (Phi) is 3.42. The maximum absolute atomic E-state index is 12.9. The number of nitrogens with zero attached hydrogens (tertiary/aromatic N) is 4. The number of fused-ring (bicyclic) bond motifs is 2. The summed E-state index contributed by atoms with van der Waals surface area (Å²) < 4.78 is 12.9. The first-order valence-electron chi connectivity index (χ1n) is 6.70. The minimum atomic E-state index is -0.402. The summed E-state index contributed by atoms with van der Waals surface area (Å²) in [5.74, 6) is 0.227. The summed E-state index contributed by atoms with van der Waals surface area (Å²) in [6.45, 7) is 2.70. The molecule has 6 heteroatoms. The average Bonchev–Trinajstić information content (AvgIpc) is 2.69. The van der Waals surface area contributed by atoms with Gasteiger partial charge in [0.05, 0.1) is 12.4 Å². The van der Waals surface area contributed by atoms with Gasteiger partial charge in [-0.05, 0) is 12.8 Å². The van der Waals surface area contributed by atoms with E-state index in [1.807, 2.05) is 0 Å². The number of aromatic nitrogens is 2. The number of piperazine rings is 1. The van der Waals surface area contributed by atoms with Crippen molar-refractivity contribution in [3.63, 3.8) is 0 Å². The van der Waals surface area contributed by atoms with Gasteiger partial charge in [0.1, 0.15) is 6.29 Å². The van der Waals surface area contributed by atoms with Crippen molar-refractivity contribution in [2.75, 3.05) is 24.5 Å². The SMILES string of the molecule is O=CCCN1CC2CCC(C1)N2c1ncc(F)cn1. The fourth-order valence-corrected chi connectivity index (χ4v) is 3.17. The monoisotopic (exact) mass is 264 g/mol. The van der Waals surface area contributed by atoms with E-state index in [1.54, 1.807) is 0 Å². The average molecular weight is 264 g/mol. The third-order valence-electron chi connectivity index (χ3n) is 3.96. The van der Waals surface area contributed by atoms with Crippen LogP contribution in [0.5, 0.6) is 0 Å². The maximum Gasteiger partial charge on any atom is 0.226 e. The summed E-state index contributed by atoms with van der Waals surface area (Å²) in [5, 5.41) is 0. The highest BCUT2D eigenvalue weighted by atomic mass is 19.1. The van der Waals surface area contributed by atoms with E-state index in [2.05, 4.69) is 19.8 Å². The van der Waals surface area contributed by atoms with Gasteiger partial charge in [0, 0.05) is 38.1 Å². The van der Waals surface area contributed by atoms with Crippen molar-refractivity contribution in [1.82, 2.24) is 14.9 Å². The van der Waals surface area contributed by atoms with E-state index in [-0.39, 0.29) is 0 Å². The first-order valence-corrected chi connectivity index (χ1v) is 6.70. The van der Waals surface area contributed by atoms with Crippen molar-refractivity contribution < 1.29 is 9.18 Å². The molecule has 2 atom stereocenters. The summed E-state index contributed by atoms with van der Waals surface area (Å²) in [7, 11) is 0. The largest absolute Gasteiger partial charge is 0.332 e. The normalized spacial score (nSPS) is 26.7. The molecule has 0 N–H and O–H groups in total. The van der Waals surface area contributed by atoms with Crippen LogP contribution in [0, 0.1) is 5.82 Å². The molecule has 2 unspecified atom stereocenters. The molecule has 0 aromatic carbocycles. The molecule has 5 nitrogen and oxygen atoms in total. The smallest absolute Gasteiger partial charge is 0.226 e. The Labute approximate surface area is 111 Å². The van der Waals surface area contributed by atoms with Gasteiger partial charge in [-0.3, -0.25) is 4.90 Å². The van der Waals surface area contributed by atoms with Crippen LogP contribution in [0.3, 0.4) is 0 Å². The van der Waals surface area contributed by atoms with E-state index in [0.29, 0.717) is 24.5 Å². The summed E-state index contributed by atoms with van der Waals surface area (Å²) in [5.41, 5.74) is 0. The Hall–Kier alpha value is -1.56. The van der Waals surface area contributed by atoms with Crippen LogP contribution in [0.2, 0.25) is 0 Å². The van der Waals surface area contributed by atoms with Gasteiger partial charge in [-0.2, -0.15) is 0 Å². The van der Waals surface area contributed by atoms with Crippen molar-refractivity contribution in [3.05, 3.63) is 18.2 Å². The molecular formula is C13H17FN4O. The quantitative estimate of drug-likeness (QED) is 0.755. The van der Waals surface area contributed by atoms with Gasteiger partial charge in [0.15, 0.2) is 5.82 Å². The predicted molar refractivity (Wildman–Crippen MR) is 68.4 cm³/mol. The molecule has 0 spiro atoms. The maximum atomic E-state index is 12.9. The number of hydrogen-bond acceptors (Lipinski definition) is 5. The Morgan fingerprint density at radius 2 is 1.89 bits per heavy atom. The fourth-order valence-electron chi connectivity index (χ4n) is 3.17. The number of aldehydes is 1. The molecule has 2 aliphatic heterocycles. The third kappa shape index (κ3) is 2.45. The van der Waals surface area contributed by atoms with Gasteiger partial charge in [-0.15, -0.1) is 0 Å². The molecular weight excluding hydrogens is 247 g/mol. The lowest BCUT2D eigenvalue weighted by Gasteiger charge is -2.40. The number of likely N-dealkylation sites (tertiary alicyclic amines) is 1. The number of hydrogen-bond donors (Lipinski definition) is 0. The molecule has 2 bridgehead atoms. The Balaban J connectivity index is 1.72.